The Hall–Kier alpha value is -1.84. The molecule has 1 N–H and O–H groups in total. The van der Waals surface area contributed by atoms with Gasteiger partial charge in [-0.25, -0.2) is 0 Å². The van der Waals surface area contributed by atoms with Crippen LogP contribution in [0.5, 0.6) is 0 Å². The Bertz CT molecular complexity index is 480. The van der Waals surface area contributed by atoms with Crippen LogP contribution < -0.4 is 0 Å². The zero-order chi connectivity index (χ0) is 12.6. The van der Waals surface area contributed by atoms with Crippen molar-refractivity contribution in [2.24, 2.45) is 5.41 Å². The van der Waals surface area contributed by atoms with Crippen molar-refractivity contribution < 1.29 is 19.4 Å². The van der Waals surface area contributed by atoms with E-state index in [1.807, 2.05) is 31.2 Å². The standard InChI is InChI=1S/C13H14O4/c1-8-5-3-4-6-9(8)10-7-13(2,11(14)15)12(16)17-10/h3-6,10H,7H2,1-2H3,(H,14,15)/t10-,13+/m0/s1. The molecule has 1 aromatic carbocycles. The van der Waals surface area contributed by atoms with Crippen molar-refractivity contribution in [3.8, 4) is 0 Å². The van der Waals surface area contributed by atoms with Gasteiger partial charge >= 0.3 is 11.9 Å². The number of carbonyl (C=O) groups is 2. The second kappa shape index (κ2) is 3.87. The van der Waals surface area contributed by atoms with Gasteiger partial charge in [-0.3, -0.25) is 9.59 Å². The van der Waals surface area contributed by atoms with Crippen molar-refractivity contribution in [1.29, 1.82) is 0 Å². The predicted octanol–water partition coefficient (Wildman–Crippen LogP) is 2.07. The number of hydrogen-bond donors (Lipinski definition) is 1. The highest BCUT2D eigenvalue weighted by Gasteiger charge is 2.52. The van der Waals surface area contributed by atoms with Crippen molar-refractivity contribution in [2.45, 2.75) is 26.4 Å². The molecular weight excluding hydrogens is 220 g/mol. The topological polar surface area (TPSA) is 63.6 Å². The Morgan fingerprint density at radius 3 is 2.65 bits per heavy atom. The van der Waals surface area contributed by atoms with E-state index < -0.39 is 23.5 Å². The molecule has 0 saturated carbocycles. The van der Waals surface area contributed by atoms with E-state index >= 15 is 0 Å². The fraction of sp³-hybridized carbons (Fsp3) is 0.385. The van der Waals surface area contributed by atoms with E-state index in [0.29, 0.717) is 0 Å². The molecule has 0 radical (unpaired) electrons. The van der Waals surface area contributed by atoms with Crippen molar-refractivity contribution >= 4 is 11.9 Å². The Morgan fingerprint density at radius 2 is 2.12 bits per heavy atom. The number of ether oxygens (including phenoxy) is 1. The number of cyclic esters (lactones) is 1. The smallest absolute Gasteiger partial charge is 0.323 e. The first-order valence-electron chi connectivity index (χ1n) is 5.45. The van der Waals surface area contributed by atoms with Crippen LogP contribution in [0.1, 0.15) is 30.6 Å². The minimum atomic E-state index is -1.42. The van der Waals surface area contributed by atoms with Crippen LogP contribution in [0.15, 0.2) is 24.3 Å². The summed E-state index contributed by atoms with van der Waals surface area (Å²) in [4.78, 5) is 22.7. The number of aliphatic carboxylic acids is 1. The summed E-state index contributed by atoms with van der Waals surface area (Å²) in [5.41, 5.74) is 0.457. The Labute approximate surface area is 99.2 Å². The molecule has 1 aromatic rings. The van der Waals surface area contributed by atoms with Crippen LogP contribution in [0.25, 0.3) is 0 Å². The van der Waals surface area contributed by atoms with Crippen LogP contribution in [0, 0.1) is 12.3 Å². The van der Waals surface area contributed by atoms with E-state index in [-0.39, 0.29) is 6.42 Å². The lowest BCUT2D eigenvalue weighted by molar-refractivity contribution is -0.159. The summed E-state index contributed by atoms with van der Waals surface area (Å²) >= 11 is 0. The summed E-state index contributed by atoms with van der Waals surface area (Å²) in [7, 11) is 0. The van der Waals surface area contributed by atoms with Gasteiger partial charge in [-0.05, 0) is 25.0 Å². The van der Waals surface area contributed by atoms with E-state index in [1.54, 1.807) is 0 Å². The van der Waals surface area contributed by atoms with Crippen LogP contribution in [0.4, 0.5) is 0 Å². The molecule has 1 heterocycles. The molecule has 0 amide bonds. The summed E-state index contributed by atoms with van der Waals surface area (Å²) in [5, 5.41) is 9.08. The third-order valence-electron chi connectivity index (χ3n) is 3.30. The molecule has 2 atom stereocenters. The van der Waals surface area contributed by atoms with Crippen molar-refractivity contribution in [3.05, 3.63) is 35.4 Å². The maximum atomic E-state index is 11.6. The molecular formula is C13H14O4. The van der Waals surface area contributed by atoms with E-state index in [4.69, 9.17) is 9.84 Å². The number of esters is 1. The number of benzene rings is 1. The molecule has 2 rings (SSSR count). The molecule has 90 valence electrons. The first kappa shape index (κ1) is 11.6. The number of hydrogen-bond acceptors (Lipinski definition) is 3. The van der Waals surface area contributed by atoms with Crippen molar-refractivity contribution in [1.82, 2.24) is 0 Å². The SMILES string of the molecule is Cc1ccccc1[C@@H]1C[C@](C)(C(=O)O)C(=O)O1. The Kier molecular flexibility index (Phi) is 2.65. The molecule has 0 aliphatic carbocycles. The first-order valence-corrected chi connectivity index (χ1v) is 5.45. The highest BCUT2D eigenvalue weighted by molar-refractivity contribution is 6.00. The summed E-state index contributed by atoms with van der Waals surface area (Å²) in [5.74, 6) is -1.78. The molecule has 4 nitrogen and oxygen atoms in total. The Morgan fingerprint density at radius 1 is 1.47 bits per heavy atom. The van der Waals surface area contributed by atoms with Crippen LogP contribution in [-0.2, 0) is 14.3 Å². The van der Waals surface area contributed by atoms with Gasteiger partial charge < -0.3 is 9.84 Å². The van der Waals surface area contributed by atoms with E-state index in [0.717, 1.165) is 11.1 Å². The van der Waals surface area contributed by atoms with E-state index in [1.165, 1.54) is 6.92 Å². The van der Waals surface area contributed by atoms with Gasteiger partial charge in [0.2, 0.25) is 0 Å². The monoisotopic (exact) mass is 234 g/mol. The molecule has 17 heavy (non-hydrogen) atoms. The maximum absolute atomic E-state index is 11.6. The fourth-order valence-corrected chi connectivity index (χ4v) is 2.05. The van der Waals surface area contributed by atoms with Crippen LogP contribution >= 0.6 is 0 Å². The zero-order valence-electron chi connectivity index (χ0n) is 9.77. The number of carboxylic acids is 1. The van der Waals surface area contributed by atoms with Gasteiger partial charge in [-0.2, -0.15) is 0 Å². The Balaban J connectivity index is 2.32. The second-order valence-electron chi connectivity index (χ2n) is 4.59. The first-order chi connectivity index (χ1) is 7.95. The van der Waals surface area contributed by atoms with Crippen LogP contribution in [0.2, 0.25) is 0 Å². The van der Waals surface area contributed by atoms with Crippen LogP contribution in [0.3, 0.4) is 0 Å². The van der Waals surface area contributed by atoms with Crippen LogP contribution in [-0.4, -0.2) is 17.0 Å². The maximum Gasteiger partial charge on any atom is 0.323 e. The van der Waals surface area contributed by atoms with E-state index in [9.17, 15) is 9.59 Å². The largest absolute Gasteiger partial charge is 0.480 e. The van der Waals surface area contributed by atoms with Gasteiger partial charge in [0.15, 0.2) is 5.41 Å². The molecule has 0 bridgehead atoms. The summed E-state index contributed by atoms with van der Waals surface area (Å²) in [6, 6.07) is 7.53. The highest BCUT2D eigenvalue weighted by atomic mass is 16.6. The third kappa shape index (κ3) is 1.79. The van der Waals surface area contributed by atoms with Gasteiger partial charge in [0.1, 0.15) is 6.10 Å². The van der Waals surface area contributed by atoms with Crippen molar-refractivity contribution in [2.75, 3.05) is 0 Å². The third-order valence-corrected chi connectivity index (χ3v) is 3.30. The highest BCUT2D eigenvalue weighted by Crippen LogP contribution is 2.42. The molecule has 1 fully saturated rings. The van der Waals surface area contributed by atoms with Gasteiger partial charge in [0.05, 0.1) is 0 Å². The second-order valence-corrected chi connectivity index (χ2v) is 4.59. The summed E-state index contributed by atoms with van der Waals surface area (Å²) < 4.78 is 5.19. The molecule has 0 spiro atoms. The predicted molar refractivity (Wildman–Crippen MR) is 60.4 cm³/mol. The van der Waals surface area contributed by atoms with Gasteiger partial charge in [0.25, 0.3) is 0 Å². The van der Waals surface area contributed by atoms with Gasteiger partial charge in [-0.1, -0.05) is 24.3 Å². The normalized spacial score (nSPS) is 27.9. The number of carboxylic acid groups (broad SMARTS) is 1. The average Bonchev–Trinajstić information content (AvgIpc) is 2.57. The molecule has 0 unspecified atom stereocenters. The fourth-order valence-electron chi connectivity index (χ4n) is 2.05. The lowest BCUT2D eigenvalue weighted by atomic mass is 9.85. The lowest BCUT2D eigenvalue weighted by Crippen LogP contribution is -2.31. The quantitative estimate of drug-likeness (QED) is 0.628. The number of rotatable bonds is 2. The molecule has 4 heteroatoms. The summed E-state index contributed by atoms with van der Waals surface area (Å²) in [6.07, 6.45) is -0.267. The molecule has 1 aliphatic rings. The summed E-state index contributed by atoms with van der Waals surface area (Å²) in [6.45, 7) is 3.33. The van der Waals surface area contributed by atoms with Gasteiger partial charge in [0, 0.05) is 6.42 Å². The minimum absolute atomic E-state index is 0.187. The van der Waals surface area contributed by atoms with Crippen molar-refractivity contribution in [3.63, 3.8) is 0 Å². The molecule has 1 aliphatic heterocycles. The zero-order valence-corrected chi connectivity index (χ0v) is 9.77. The average molecular weight is 234 g/mol. The number of carbonyl (C=O) groups excluding carboxylic acids is 1. The van der Waals surface area contributed by atoms with Gasteiger partial charge in [-0.15, -0.1) is 0 Å². The number of aryl methyl sites for hydroxylation is 1. The van der Waals surface area contributed by atoms with E-state index in [2.05, 4.69) is 0 Å². The molecule has 0 aromatic heterocycles. The molecule has 1 saturated heterocycles. The lowest BCUT2D eigenvalue weighted by Gasteiger charge is -2.13. The minimum Gasteiger partial charge on any atom is -0.480 e.